The third-order valence-corrected chi connectivity index (χ3v) is 3.09. The van der Waals surface area contributed by atoms with Gasteiger partial charge in [0.1, 0.15) is 0 Å². The van der Waals surface area contributed by atoms with Crippen molar-refractivity contribution >= 4 is 0 Å². The highest BCUT2D eigenvalue weighted by atomic mass is 14.6. The first kappa shape index (κ1) is 9.30. The fourth-order valence-corrected chi connectivity index (χ4v) is 1.78. The highest BCUT2D eigenvalue weighted by molar-refractivity contribution is 5.34. The van der Waals surface area contributed by atoms with E-state index in [1.165, 1.54) is 18.4 Å². The zero-order valence-corrected chi connectivity index (χ0v) is 8.29. The molecule has 0 aliphatic heterocycles. The average Bonchev–Trinajstić information content (AvgIpc) is 3.00. The summed E-state index contributed by atoms with van der Waals surface area (Å²) in [6, 6.07) is 8.24. The quantitative estimate of drug-likeness (QED) is 0.716. The van der Waals surface area contributed by atoms with Gasteiger partial charge in [-0.05, 0) is 48.9 Å². The number of hydrogen-bond acceptors (Lipinski definition) is 1. The van der Waals surface area contributed by atoms with Crippen LogP contribution in [-0.4, -0.2) is 6.54 Å². The molecule has 0 unspecified atom stereocenters. The second-order valence-electron chi connectivity index (χ2n) is 4.22. The third-order valence-electron chi connectivity index (χ3n) is 3.09. The maximum absolute atomic E-state index is 5.74. The lowest BCUT2D eigenvalue weighted by Gasteiger charge is -2.11. The van der Waals surface area contributed by atoms with Crippen molar-refractivity contribution in [3.05, 3.63) is 35.4 Å². The largest absolute Gasteiger partial charge is 0.330 e. The van der Waals surface area contributed by atoms with Gasteiger partial charge in [-0.25, -0.2) is 0 Å². The molecule has 1 aliphatic carbocycles. The van der Waals surface area contributed by atoms with Gasteiger partial charge < -0.3 is 5.73 Å². The second-order valence-corrected chi connectivity index (χ2v) is 4.22. The first-order valence-corrected chi connectivity index (χ1v) is 5.04. The van der Waals surface area contributed by atoms with Gasteiger partial charge in [-0.2, -0.15) is 0 Å². The van der Waals surface area contributed by atoms with Crippen LogP contribution >= 0.6 is 0 Å². The van der Waals surface area contributed by atoms with Gasteiger partial charge in [-0.1, -0.05) is 18.1 Å². The Hall–Kier alpha value is -1.26. The molecule has 0 bridgehead atoms. The Kier molecular flexibility index (Phi) is 2.31. The zero-order chi connectivity index (χ0) is 10.0. The maximum atomic E-state index is 5.74. The van der Waals surface area contributed by atoms with Crippen LogP contribution in [0.15, 0.2) is 24.3 Å². The lowest BCUT2D eigenvalue weighted by atomic mass is 9.96. The molecule has 1 fully saturated rings. The molecule has 0 spiro atoms. The zero-order valence-electron chi connectivity index (χ0n) is 8.29. The SMILES string of the molecule is C#Cc1ccc(CC2(CN)CC2)cc1. The molecule has 2 rings (SSSR count). The molecule has 0 heterocycles. The number of terminal acetylenes is 1. The first-order chi connectivity index (χ1) is 6.78. The van der Waals surface area contributed by atoms with E-state index in [0.717, 1.165) is 18.5 Å². The fourth-order valence-electron chi connectivity index (χ4n) is 1.78. The molecule has 1 heteroatoms. The Morgan fingerprint density at radius 1 is 1.29 bits per heavy atom. The van der Waals surface area contributed by atoms with Gasteiger partial charge >= 0.3 is 0 Å². The summed E-state index contributed by atoms with van der Waals surface area (Å²) in [5.74, 6) is 2.62. The molecule has 0 aromatic heterocycles. The van der Waals surface area contributed by atoms with Crippen LogP contribution in [0.1, 0.15) is 24.0 Å². The van der Waals surface area contributed by atoms with Crippen molar-refractivity contribution in [2.45, 2.75) is 19.3 Å². The van der Waals surface area contributed by atoms with Crippen molar-refractivity contribution in [2.75, 3.05) is 6.54 Å². The van der Waals surface area contributed by atoms with Crippen LogP contribution in [-0.2, 0) is 6.42 Å². The number of hydrogen-bond donors (Lipinski definition) is 1. The molecule has 72 valence electrons. The predicted octanol–water partition coefficient (Wildman–Crippen LogP) is 1.95. The van der Waals surface area contributed by atoms with Gasteiger partial charge in [0.15, 0.2) is 0 Å². The minimum Gasteiger partial charge on any atom is -0.330 e. The smallest absolute Gasteiger partial charge is 0.0242 e. The standard InChI is InChI=1S/C13H15N/c1-2-11-3-5-12(6-4-11)9-13(10-14)7-8-13/h1,3-6H,7-10,14H2. The van der Waals surface area contributed by atoms with Gasteiger partial charge in [-0.3, -0.25) is 0 Å². The Morgan fingerprint density at radius 2 is 1.93 bits per heavy atom. The summed E-state index contributed by atoms with van der Waals surface area (Å²) in [5.41, 5.74) is 8.46. The molecule has 0 radical (unpaired) electrons. The van der Waals surface area contributed by atoms with Crippen molar-refractivity contribution < 1.29 is 0 Å². The number of benzene rings is 1. The maximum Gasteiger partial charge on any atom is 0.0242 e. The van der Waals surface area contributed by atoms with Crippen molar-refractivity contribution in [3.63, 3.8) is 0 Å². The topological polar surface area (TPSA) is 26.0 Å². The van der Waals surface area contributed by atoms with Crippen LogP contribution in [0, 0.1) is 17.8 Å². The monoisotopic (exact) mass is 185 g/mol. The van der Waals surface area contributed by atoms with Gasteiger partial charge in [0, 0.05) is 5.56 Å². The third kappa shape index (κ3) is 1.81. The van der Waals surface area contributed by atoms with Crippen LogP contribution < -0.4 is 5.73 Å². The molecule has 1 saturated carbocycles. The Balaban J connectivity index is 2.08. The van der Waals surface area contributed by atoms with E-state index in [-0.39, 0.29) is 0 Å². The van der Waals surface area contributed by atoms with Gasteiger partial charge in [0.25, 0.3) is 0 Å². The van der Waals surface area contributed by atoms with Crippen molar-refractivity contribution in [1.82, 2.24) is 0 Å². The van der Waals surface area contributed by atoms with Crippen LogP contribution in [0.25, 0.3) is 0 Å². The molecule has 1 aromatic carbocycles. The summed E-state index contributed by atoms with van der Waals surface area (Å²) in [4.78, 5) is 0. The summed E-state index contributed by atoms with van der Waals surface area (Å²) in [6.07, 6.45) is 8.96. The van der Waals surface area contributed by atoms with Crippen LogP contribution in [0.3, 0.4) is 0 Å². The lowest BCUT2D eigenvalue weighted by Crippen LogP contribution is -2.17. The summed E-state index contributed by atoms with van der Waals surface area (Å²) in [5, 5.41) is 0. The average molecular weight is 185 g/mol. The van der Waals surface area contributed by atoms with E-state index in [1.54, 1.807) is 0 Å². The summed E-state index contributed by atoms with van der Waals surface area (Å²) in [7, 11) is 0. The predicted molar refractivity (Wildman–Crippen MR) is 58.8 cm³/mol. The van der Waals surface area contributed by atoms with E-state index in [1.807, 2.05) is 12.1 Å². The molecule has 0 atom stereocenters. The van der Waals surface area contributed by atoms with Crippen LogP contribution in [0.2, 0.25) is 0 Å². The molecule has 1 aromatic rings. The Bertz CT molecular complexity index is 352. The van der Waals surface area contributed by atoms with E-state index in [9.17, 15) is 0 Å². The Morgan fingerprint density at radius 3 is 2.36 bits per heavy atom. The van der Waals surface area contributed by atoms with Gasteiger partial charge in [0.05, 0.1) is 0 Å². The van der Waals surface area contributed by atoms with E-state index in [2.05, 4.69) is 18.1 Å². The van der Waals surface area contributed by atoms with E-state index in [4.69, 9.17) is 12.2 Å². The first-order valence-electron chi connectivity index (χ1n) is 5.04. The molecule has 2 N–H and O–H groups in total. The highest BCUT2D eigenvalue weighted by Gasteiger charge is 2.40. The summed E-state index contributed by atoms with van der Waals surface area (Å²) >= 11 is 0. The van der Waals surface area contributed by atoms with Crippen molar-refractivity contribution in [1.29, 1.82) is 0 Å². The molecule has 14 heavy (non-hydrogen) atoms. The minimum absolute atomic E-state index is 0.414. The normalized spacial score (nSPS) is 17.4. The van der Waals surface area contributed by atoms with E-state index in [0.29, 0.717) is 5.41 Å². The molecule has 0 saturated heterocycles. The molecular formula is C13H15N. The highest BCUT2D eigenvalue weighted by Crippen LogP contribution is 2.47. The van der Waals surface area contributed by atoms with Crippen molar-refractivity contribution in [2.24, 2.45) is 11.1 Å². The van der Waals surface area contributed by atoms with Crippen LogP contribution in [0.5, 0.6) is 0 Å². The number of rotatable bonds is 3. The van der Waals surface area contributed by atoms with Crippen LogP contribution in [0.4, 0.5) is 0 Å². The summed E-state index contributed by atoms with van der Waals surface area (Å²) in [6.45, 7) is 0.809. The lowest BCUT2D eigenvalue weighted by molar-refractivity contribution is 0.521. The fraction of sp³-hybridized carbons (Fsp3) is 0.385. The van der Waals surface area contributed by atoms with E-state index < -0.39 is 0 Å². The minimum atomic E-state index is 0.414. The molecule has 0 amide bonds. The molecule has 1 aliphatic rings. The van der Waals surface area contributed by atoms with E-state index >= 15 is 0 Å². The number of nitrogens with two attached hydrogens (primary N) is 1. The second kappa shape index (κ2) is 3.48. The Labute approximate surface area is 85.3 Å². The molecular weight excluding hydrogens is 170 g/mol. The van der Waals surface area contributed by atoms with Gasteiger partial charge in [-0.15, -0.1) is 6.42 Å². The summed E-state index contributed by atoms with van der Waals surface area (Å²) < 4.78 is 0. The van der Waals surface area contributed by atoms with Crippen molar-refractivity contribution in [3.8, 4) is 12.3 Å². The van der Waals surface area contributed by atoms with Gasteiger partial charge in [0.2, 0.25) is 0 Å². The molecule has 1 nitrogen and oxygen atoms in total.